The predicted molar refractivity (Wildman–Crippen MR) is 197 cm³/mol. The third-order valence-corrected chi connectivity index (χ3v) is 11.7. The van der Waals surface area contributed by atoms with E-state index >= 15 is 0 Å². The number of Topliss-reactive ketones (excluding diaryl/α,β-unsaturated/α-hetero) is 2. The van der Waals surface area contributed by atoms with Crippen molar-refractivity contribution in [2.75, 3.05) is 25.7 Å². The first-order chi connectivity index (χ1) is 23.8. The van der Waals surface area contributed by atoms with Gasteiger partial charge in [0.05, 0.1) is 31.2 Å². The first-order valence-corrected chi connectivity index (χ1v) is 18.5. The van der Waals surface area contributed by atoms with E-state index in [4.69, 9.17) is 21.9 Å². The van der Waals surface area contributed by atoms with Gasteiger partial charge in [-0.05, 0) is 98.5 Å². The number of esters is 1. The quantitative estimate of drug-likeness (QED) is 0.108. The number of nitrogens with one attached hydrogen (secondary N) is 2. The van der Waals surface area contributed by atoms with Crippen molar-refractivity contribution in [1.29, 1.82) is 0 Å². The molecular weight excluding hydrogens is 694 g/mol. The Morgan fingerprint density at radius 1 is 0.941 bits per heavy atom. The van der Waals surface area contributed by atoms with Gasteiger partial charge in [0.1, 0.15) is 17.2 Å². The van der Waals surface area contributed by atoms with Crippen LogP contribution in [0.3, 0.4) is 0 Å². The summed E-state index contributed by atoms with van der Waals surface area (Å²) in [7, 11) is 1.21. The van der Waals surface area contributed by atoms with Crippen LogP contribution in [0.5, 0.6) is 5.75 Å². The van der Waals surface area contributed by atoms with Crippen LogP contribution in [0.25, 0.3) is 0 Å². The van der Waals surface area contributed by atoms with Crippen molar-refractivity contribution in [2.24, 2.45) is 39.9 Å². The highest BCUT2D eigenvalue weighted by molar-refractivity contribution is 7.98. The Hall–Kier alpha value is -3.49. The number of nitrogens with two attached hydrogens (primary N) is 3. The van der Waals surface area contributed by atoms with Gasteiger partial charge in [0.15, 0.2) is 11.6 Å². The van der Waals surface area contributed by atoms with Crippen LogP contribution in [0, 0.1) is 22.7 Å². The Morgan fingerprint density at radius 3 is 2.22 bits per heavy atom. The number of aromatic hydroxyl groups is 1. The molecule has 4 fully saturated rings. The fourth-order valence-corrected chi connectivity index (χ4v) is 9.70. The molecule has 6 rings (SSSR count). The monoisotopic (exact) mass is 743 g/mol. The Morgan fingerprint density at radius 2 is 1.59 bits per heavy atom. The average Bonchev–Trinajstić information content (AvgIpc) is 3.08. The van der Waals surface area contributed by atoms with Gasteiger partial charge in [0.2, 0.25) is 11.8 Å². The van der Waals surface area contributed by atoms with Gasteiger partial charge in [-0.1, -0.05) is 42.5 Å². The predicted octanol–water partition coefficient (Wildman–Crippen LogP) is 1.81. The van der Waals surface area contributed by atoms with Gasteiger partial charge in [0, 0.05) is 5.54 Å². The van der Waals surface area contributed by atoms with Crippen LogP contribution in [-0.2, 0) is 41.6 Å². The summed E-state index contributed by atoms with van der Waals surface area (Å²) in [5.74, 6) is -2.89. The summed E-state index contributed by atoms with van der Waals surface area (Å²) in [6.45, 7) is -0.555. The van der Waals surface area contributed by atoms with Gasteiger partial charge in [-0.2, -0.15) is 11.8 Å². The van der Waals surface area contributed by atoms with Crippen molar-refractivity contribution in [3.63, 3.8) is 0 Å². The molecule has 0 aromatic heterocycles. The first-order valence-electron chi connectivity index (χ1n) is 17.1. The fraction of sp³-hybridized carbons (Fsp3) is 0.541. The maximum Gasteiger partial charge on any atom is 0.320 e. The van der Waals surface area contributed by atoms with Crippen LogP contribution in [0.2, 0.25) is 0 Å². The van der Waals surface area contributed by atoms with Crippen molar-refractivity contribution in [2.45, 2.75) is 75.0 Å². The number of phenols is 1. The van der Waals surface area contributed by atoms with Gasteiger partial charge >= 0.3 is 5.97 Å². The Labute approximate surface area is 309 Å². The van der Waals surface area contributed by atoms with E-state index in [-0.39, 0.29) is 62.0 Å². The summed E-state index contributed by atoms with van der Waals surface area (Å²) >= 11 is 1.49. The standard InChI is InChI=1S/C37H49N5O7S.ClH/c1-49-34(48)37(25-14-24-17-35(40,19-25)21-36(37,18-24)31(45)27(38)15-22-6-4-3-5-7-22)30(44)20-41-33(47)29(12-13-50-2)42-32(46)28(39)16-23-8-10-26(43)11-9-23;/h3-11,24-25,27-29,43H,12-21,38-40H2,1-2H3,(H,41,47)(H,42,46);1H/t24?,25?,27-,28-,29+,35?,36?,37?;/m0./s1. The van der Waals surface area contributed by atoms with Crippen molar-refractivity contribution in [3.05, 3.63) is 65.7 Å². The summed E-state index contributed by atoms with van der Waals surface area (Å²) in [5, 5.41) is 15.0. The lowest BCUT2D eigenvalue weighted by Gasteiger charge is -2.67. The number of methoxy groups -OCH3 is 1. The SMILES string of the molecule is COC(=O)C1(C(=O)CNC(=O)[C@@H](CCSC)NC(=O)[C@@H](N)Cc2ccc(O)cc2)C2CC3CC(N)(C2)CC1(C(=O)[C@@H](N)Cc1ccccc1)C3.Cl. The zero-order valence-electron chi connectivity index (χ0n) is 29.1. The smallest absolute Gasteiger partial charge is 0.320 e. The lowest BCUT2D eigenvalue weighted by atomic mass is 9.35. The van der Waals surface area contributed by atoms with Crippen LogP contribution in [0.4, 0.5) is 0 Å². The number of thioether (sulfide) groups is 1. The molecule has 51 heavy (non-hydrogen) atoms. The fourth-order valence-electron chi connectivity index (χ4n) is 9.23. The number of benzene rings is 2. The lowest BCUT2D eigenvalue weighted by molar-refractivity contribution is -0.211. The van der Waals surface area contributed by atoms with Crippen molar-refractivity contribution >= 4 is 53.5 Å². The van der Waals surface area contributed by atoms with Crippen molar-refractivity contribution in [1.82, 2.24) is 10.6 Å². The van der Waals surface area contributed by atoms with Gasteiger partial charge in [-0.25, -0.2) is 0 Å². The molecule has 9 N–H and O–H groups in total. The minimum Gasteiger partial charge on any atom is -0.508 e. The molecule has 12 nitrogen and oxygen atoms in total. The number of carbonyl (C=O) groups excluding carboxylic acids is 5. The topological polar surface area (TPSA) is 217 Å². The van der Waals surface area contributed by atoms with E-state index < -0.39 is 70.5 Å². The molecule has 5 unspecified atom stereocenters. The second-order valence-electron chi connectivity index (χ2n) is 14.5. The summed E-state index contributed by atoms with van der Waals surface area (Å²) in [6.07, 6.45) is 4.52. The minimum absolute atomic E-state index is 0. The first kappa shape index (κ1) is 40.3. The highest BCUT2D eigenvalue weighted by atomic mass is 35.5. The molecule has 8 atom stereocenters. The molecule has 2 aromatic carbocycles. The van der Waals surface area contributed by atoms with E-state index in [1.54, 1.807) is 12.1 Å². The number of halogens is 1. The highest BCUT2D eigenvalue weighted by Gasteiger charge is 2.77. The average molecular weight is 744 g/mol. The van der Waals surface area contributed by atoms with Gasteiger partial charge < -0.3 is 37.7 Å². The van der Waals surface area contributed by atoms with Gasteiger partial charge in [-0.15, -0.1) is 12.4 Å². The minimum atomic E-state index is -1.88. The Kier molecular flexibility index (Phi) is 13.0. The van der Waals surface area contributed by atoms with Crippen molar-refractivity contribution in [3.8, 4) is 5.75 Å². The molecule has 4 aliphatic carbocycles. The summed E-state index contributed by atoms with van der Waals surface area (Å²) in [5.41, 5.74) is 17.2. The second kappa shape index (κ2) is 16.5. The van der Waals surface area contributed by atoms with Crippen LogP contribution in [-0.4, -0.2) is 83.8 Å². The number of amides is 2. The number of ketones is 2. The Bertz CT molecular complexity index is 1600. The normalized spacial score (nSPS) is 27.7. The Balaban J connectivity index is 0.00000583. The molecule has 2 amide bonds. The molecule has 0 saturated heterocycles. The molecule has 4 aliphatic rings. The van der Waals surface area contributed by atoms with E-state index in [1.807, 2.05) is 36.6 Å². The van der Waals surface area contributed by atoms with E-state index in [1.165, 1.54) is 31.0 Å². The molecule has 4 saturated carbocycles. The zero-order valence-corrected chi connectivity index (χ0v) is 30.7. The highest BCUT2D eigenvalue weighted by Crippen LogP contribution is 2.70. The second-order valence-corrected chi connectivity index (χ2v) is 15.4. The molecule has 14 heteroatoms. The number of carbonyl (C=O) groups is 5. The maximum absolute atomic E-state index is 14.7. The summed E-state index contributed by atoms with van der Waals surface area (Å²) < 4.78 is 5.35. The van der Waals surface area contributed by atoms with Crippen LogP contribution in [0.1, 0.15) is 49.7 Å². The number of hydrogen-bond acceptors (Lipinski definition) is 11. The van der Waals surface area contributed by atoms with E-state index in [2.05, 4.69) is 10.6 Å². The van der Waals surface area contributed by atoms with E-state index in [0.717, 1.165) is 11.1 Å². The van der Waals surface area contributed by atoms with Gasteiger partial charge in [-0.3, -0.25) is 24.0 Å². The van der Waals surface area contributed by atoms with Gasteiger partial charge in [0.25, 0.3) is 0 Å². The molecule has 0 aliphatic heterocycles. The number of phenolic OH excluding ortho intramolecular Hbond substituents is 1. The molecular formula is C37H50ClN5O7S. The number of ether oxygens (including phenoxy) is 1. The molecule has 2 aromatic rings. The van der Waals surface area contributed by atoms with Crippen LogP contribution >= 0.6 is 24.2 Å². The summed E-state index contributed by atoms with van der Waals surface area (Å²) in [6, 6.07) is 12.7. The van der Waals surface area contributed by atoms with E-state index in [9.17, 15) is 29.1 Å². The molecule has 278 valence electrons. The molecule has 0 heterocycles. The summed E-state index contributed by atoms with van der Waals surface area (Å²) in [4.78, 5) is 70.2. The largest absolute Gasteiger partial charge is 0.508 e. The molecule has 0 radical (unpaired) electrons. The van der Waals surface area contributed by atoms with Crippen LogP contribution in [0.15, 0.2) is 54.6 Å². The maximum atomic E-state index is 14.7. The third-order valence-electron chi connectivity index (χ3n) is 11.1. The molecule has 0 spiro atoms. The van der Waals surface area contributed by atoms with Crippen molar-refractivity contribution < 1.29 is 33.8 Å². The van der Waals surface area contributed by atoms with E-state index in [0.29, 0.717) is 25.0 Å². The lowest BCUT2D eigenvalue weighted by Crippen LogP contribution is -2.76. The number of hydrogen-bond donors (Lipinski definition) is 6. The third kappa shape index (κ3) is 7.97. The zero-order chi connectivity index (χ0) is 36.3. The molecule has 4 bridgehead atoms. The van der Waals surface area contributed by atoms with Crippen LogP contribution < -0.4 is 27.8 Å². The number of rotatable bonds is 16.